The normalized spacial score (nSPS) is 18.0. The zero-order valence-electron chi connectivity index (χ0n) is 18.0. The van der Waals surface area contributed by atoms with Gasteiger partial charge in [-0.15, -0.1) is 0 Å². The number of halogens is 1. The molecule has 1 heterocycles. The number of amides is 3. The first-order valence-corrected chi connectivity index (χ1v) is 10.9. The van der Waals surface area contributed by atoms with E-state index < -0.39 is 6.04 Å². The van der Waals surface area contributed by atoms with Crippen LogP contribution in [-0.4, -0.2) is 34.4 Å². The molecule has 1 aliphatic heterocycles. The van der Waals surface area contributed by atoms with Gasteiger partial charge in [0.25, 0.3) is 5.91 Å². The molecule has 3 amide bonds. The lowest BCUT2D eigenvalue weighted by Crippen LogP contribution is -2.44. The second kappa shape index (κ2) is 8.74. The molecule has 1 aliphatic carbocycles. The van der Waals surface area contributed by atoms with Crippen molar-refractivity contribution in [3.8, 4) is 0 Å². The third-order valence-electron chi connectivity index (χ3n) is 6.10. The molecule has 4 rings (SSSR count). The highest BCUT2D eigenvalue weighted by molar-refractivity contribution is 6.32. The SMILES string of the molecule is Cc1ccc(NC(=O)NCc2ccc3c(c2)C(=O)N(C2CCC(=O)CC2=O)C3)c(C)c1Cl. The number of nitrogens with one attached hydrogen (secondary N) is 2. The molecule has 1 unspecified atom stereocenters. The van der Waals surface area contributed by atoms with E-state index in [1.54, 1.807) is 17.0 Å². The Morgan fingerprint density at radius 1 is 1.16 bits per heavy atom. The smallest absolute Gasteiger partial charge is 0.319 e. The van der Waals surface area contributed by atoms with Crippen molar-refractivity contribution < 1.29 is 19.2 Å². The average Bonchev–Trinajstić information content (AvgIpc) is 3.08. The van der Waals surface area contributed by atoms with Crippen molar-refractivity contribution in [1.82, 2.24) is 10.2 Å². The molecule has 0 radical (unpaired) electrons. The number of urea groups is 1. The Bertz CT molecular complexity index is 1140. The summed E-state index contributed by atoms with van der Waals surface area (Å²) in [5.41, 5.74) is 4.53. The number of anilines is 1. The Kier molecular flexibility index (Phi) is 6.02. The van der Waals surface area contributed by atoms with Gasteiger partial charge in [0.1, 0.15) is 5.78 Å². The molecule has 8 heteroatoms. The first-order chi connectivity index (χ1) is 15.2. The number of benzene rings is 2. The van der Waals surface area contributed by atoms with Crippen molar-refractivity contribution in [1.29, 1.82) is 0 Å². The number of Topliss-reactive ketones (excluding diaryl/α,β-unsaturated/α-hetero) is 2. The molecular weight excluding hydrogens is 430 g/mol. The van der Waals surface area contributed by atoms with Gasteiger partial charge < -0.3 is 15.5 Å². The molecule has 7 nitrogen and oxygen atoms in total. The van der Waals surface area contributed by atoms with E-state index in [0.717, 1.165) is 22.3 Å². The van der Waals surface area contributed by atoms with E-state index in [1.165, 1.54) is 0 Å². The monoisotopic (exact) mass is 453 g/mol. The van der Waals surface area contributed by atoms with Gasteiger partial charge in [-0.25, -0.2) is 4.79 Å². The van der Waals surface area contributed by atoms with Crippen LogP contribution in [-0.2, 0) is 22.7 Å². The number of carbonyl (C=O) groups excluding carboxylic acids is 4. The van der Waals surface area contributed by atoms with Gasteiger partial charge in [0.2, 0.25) is 0 Å². The van der Waals surface area contributed by atoms with Gasteiger partial charge in [-0.2, -0.15) is 0 Å². The number of hydrogen-bond donors (Lipinski definition) is 2. The topological polar surface area (TPSA) is 95.6 Å². The maximum absolute atomic E-state index is 12.9. The molecule has 2 N–H and O–H groups in total. The first kappa shape index (κ1) is 22.0. The van der Waals surface area contributed by atoms with Crippen molar-refractivity contribution in [2.75, 3.05) is 5.32 Å². The predicted molar refractivity (Wildman–Crippen MR) is 121 cm³/mol. The quantitative estimate of drug-likeness (QED) is 0.686. The summed E-state index contributed by atoms with van der Waals surface area (Å²) in [6, 6.07) is 8.20. The van der Waals surface area contributed by atoms with Crippen LogP contribution in [0.1, 0.15) is 51.9 Å². The molecule has 1 atom stereocenters. The third kappa shape index (κ3) is 4.25. The highest BCUT2D eigenvalue weighted by Gasteiger charge is 2.38. The minimum atomic E-state index is -0.537. The van der Waals surface area contributed by atoms with Crippen LogP contribution in [0, 0.1) is 13.8 Å². The van der Waals surface area contributed by atoms with E-state index in [0.29, 0.717) is 35.7 Å². The van der Waals surface area contributed by atoms with Crippen LogP contribution in [0.5, 0.6) is 0 Å². The second-order valence-electron chi connectivity index (χ2n) is 8.34. The van der Waals surface area contributed by atoms with Crippen molar-refractivity contribution in [2.45, 2.75) is 52.2 Å². The van der Waals surface area contributed by atoms with E-state index >= 15 is 0 Å². The summed E-state index contributed by atoms with van der Waals surface area (Å²) in [6.07, 6.45) is 0.613. The first-order valence-electron chi connectivity index (χ1n) is 10.5. The minimum Gasteiger partial charge on any atom is -0.334 e. The van der Waals surface area contributed by atoms with Crippen molar-refractivity contribution >= 4 is 40.8 Å². The summed E-state index contributed by atoms with van der Waals surface area (Å²) in [7, 11) is 0. The standard InChI is InChI=1S/C24H24ClN3O4/c1-13-3-7-19(14(2)22(13)25)27-24(32)26-11-15-4-5-16-12-28(23(31)18(16)9-15)20-8-6-17(29)10-21(20)30/h3-5,7,9,20H,6,8,10-12H2,1-2H3,(H2,26,27,32). The van der Waals surface area contributed by atoms with Crippen LogP contribution in [0.4, 0.5) is 10.5 Å². The highest BCUT2D eigenvalue weighted by Crippen LogP contribution is 2.30. The van der Waals surface area contributed by atoms with Gasteiger partial charge in [0.15, 0.2) is 5.78 Å². The summed E-state index contributed by atoms with van der Waals surface area (Å²) >= 11 is 6.25. The molecule has 2 aliphatic rings. The Balaban J connectivity index is 1.40. The van der Waals surface area contributed by atoms with Gasteiger partial charge in [0, 0.05) is 35.8 Å². The minimum absolute atomic E-state index is 0.0647. The van der Waals surface area contributed by atoms with E-state index in [-0.39, 0.29) is 36.5 Å². The van der Waals surface area contributed by atoms with Gasteiger partial charge >= 0.3 is 6.03 Å². The summed E-state index contributed by atoms with van der Waals surface area (Å²) in [6.45, 7) is 4.34. The van der Waals surface area contributed by atoms with E-state index in [1.807, 2.05) is 32.0 Å². The van der Waals surface area contributed by atoms with Gasteiger partial charge in [-0.3, -0.25) is 14.4 Å². The zero-order chi connectivity index (χ0) is 23.0. The number of hydrogen-bond acceptors (Lipinski definition) is 4. The molecule has 1 fully saturated rings. The lowest BCUT2D eigenvalue weighted by Gasteiger charge is -2.29. The fourth-order valence-electron chi connectivity index (χ4n) is 4.23. The Labute approximate surface area is 191 Å². The maximum Gasteiger partial charge on any atom is 0.319 e. The number of aryl methyl sites for hydroxylation is 1. The van der Waals surface area contributed by atoms with E-state index in [4.69, 9.17) is 11.6 Å². The maximum atomic E-state index is 12.9. The Morgan fingerprint density at radius 3 is 2.69 bits per heavy atom. The molecule has 32 heavy (non-hydrogen) atoms. The number of rotatable bonds is 4. The molecule has 0 bridgehead atoms. The molecule has 0 saturated heterocycles. The van der Waals surface area contributed by atoms with Crippen molar-refractivity contribution in [3.63, 3.8) is 0 Å². The van der Waals surface area contributed by atoms with Crippen LogP contribution < -0.4 is 10.6 Å². The second-order valence-corrected chi connectivity index (χ2v) is 8.72. The lowest BCUT2D eigenvalue weighted by molar-refractivity contribution is -0.133. The summed E-state index contributed by atoms with van der Waals surface area (Å²) in [5, 5.41) is 6.20. The van der Waals surface area contributed by atoms with Gasteiger partial charge in [0.05, 0.1) is 12.5 Å². The largest absolute Gasteiger partial charge is 0.334 e. The van der Waals surface area contributed by atoms with Gasteiger partial charge in [-0.05, 0) is 54.7 Å². The lowest BCUT2D eigenvalue weighted by atomic mass is 9.92. The fourth-order valence-corrected chi connectivity index (χ4v) is 4.39. The summed E-state index contributed by atoms with van der Waals surface area (Å²) < 4.78 is 0. The average molecular weight is 454 g/mol. The third-order valence-corrected chi connectivity index (χ3v) is 6.68. The van der Waals surface area contributed by atoms with Crippen LogP contribution in [0.15, 0.2) is 30.3 Å². The fraction of sp³-hybridized carbons (Fsp3) is 0.333. The molecule has 0 spiro atoms. The number of fused-ring (bicyclic) bond motifs is 1. The van der Waals surface area contributed by atoms with Gasteiger partial charge in [-0.1, -0.05) is 29.8 Å². The molecular formula is C24H24ClN3O4. The Hall–Kier alpha value is -3.19. The van der Waals surface area contributed by atoms with Crippen LogP contribution >= 0.6 is 11.6 Å². The number of ketones is 2. The molecule has 166 valence electrons. The molecule has 2 aromatic carbocycles. The molecule has 0 aromatic heterocycles. The summed E-state index contributed by atoms with van der Waals surface area (Å²) in [4.78, 5) is 50.6. The highest BCUT2D eigenvalue weighted by atomic mass is 35.5. The van der Waals surface area contributed by atoms with Crippen LogP contribution in [0.25, 0.3) is 0 Å². The van der Waals surface area contributed by atoms with E-state index in [2.05, 4.69) is 10.6 Å². The Morgan fingerprint density at radius 2 is 1.94 bits per heavy atom. The van der Waals surface area contributed by atoms with Crippen molar-refractivity contribution in [3.05, 3.63) is 63.2 Å². The predicted octanol–water partition coefficient (Wildman–Crippen LogP) is 3.93. The number of carbonyl (C=O) groups is 4. The van der Waals surface area contributed by atoms with Crippen LogP contribution in [0.2, 0.25) is 5.02 Å². The van der Waals surface area contributed by atoms with E-state index in [9.17, 15) is 19.2 Å². The molecule has 2 aromatic rings. The summed E-state index contributed by atoms with van der Waals surface area (Å²) in [5.74, 6) is -0.457. The molecule has 1 saturated carbocycles. The zero-order valence-corrected chi connectivity index (χ0v) is 18.7. The van der Waals surface area contributed by atoms with Crippen molar-refractivity contribution in [2.24, 2.45) is 0 Å². The van der Waals surface area contributed by atoms with Crippen LogP contribution in [0.3, 0.4) is 0 Å². The number of nitrogens with zero attached hydrogens (tertiary/aromatic N) is 1.